The number of rotatable bonds is 7. The van der Waals surface area contributed by atoms with E-state index in [1.807, 2.05) is 29.9 Å². The zero-order valence-corrected chi connectivity index (χ0v) is 18.4. The predicted octanol–water partition coefficient (Wildman–Crippen LogP) is 2.48. The molecule has 1 aliphatic carbocycles. The molecule has 0 spiro atoms. The Balaban J connectivity index is 1.35. The molecule has 1 saturated carbocycles. The molecule has 3 heterocycles. The number of thiophene rings is 1. The van der Waals surface area contributed by atoms with Crippen LogP contribution in [0.1, 0.15) is 48.6 Å². The van der Waals surface area contributed by atoms with E-state index in [2.05, 4.69) is 43.2 Å². The van der Waals surface area contributed by atoms with E-state index in [1.165, 1.54) is 43.5 Å². The fraction of sp³-hybridized carbons (Fsp3) is 0.667. The van der Waals surface area contributed by atoms with Crippen molar-refractivity contribution in [1.82, 2.24) is 30.3 Å². The van der Waals surface area contributed by atoms with Crippen molar-refractivity contribution in [2.24, 2.45) is 12.0 Å². The number of guanidine groups is 1. The third-order valence-electron chi connectivity index (χ3n) is 6.21. The average Bonchev–Trinajstić information content (AvgIpc) is 3.51. The molecule has 1 atom stereocenters. The van der Waals surface area contributed by atoms with E-state index >= 15 is 0 Å². The summed E-state index contributed by atoms with van der Waals surface area (Å²) in [6, 6.07) is 5.57. The summed E-state index contributed by atoms with van der Waals surface area (Å²) in [5, 5.41) is 17.8. The molecular weight excluding hydrogens is 382 g/mol. The predicted molar refractivity (Wildman–Crippen MR) is 118 cm³/mol. The number of nitrogens with one attached hydrogen (secondary N) is 2. The second kappa shape index (κ2) is 9.71. The molecule has 4 rings (SSSR count). The van der Waals surface area contributed by atoms with Crippen LogP contribution >= 0.6 is 11.3 Å². The molecule has 2 N–H and O–H groups in total. The maximum atomic E-state index is 4.83. The summed E-state index contributed by atoms with van der Waals surface area (Å²) in [4.78, 5) is 8.91. The summed E-state index contributed by atoms with van der Waals surface area (Å²) in [6.45, 7) is 5.70. The van der Waals surface area contributed by atoms with Gasteiger partial charge in [0, 0.05) is 43.6 Å². The summed E-state index contributed by atoms with van der Waals surface area (Å²) in [5.41, 5.74) is 0. The highest BCUT2D eigenvalue weighted by atomic mass is 32.1. The average molecular weight is 416 g/mol. The number of hydrogen-bond donors (Lipinski definition) is 2. The SMILES string of the molecule is Cc1nnc(CN=C(NCCc2cccs2)NC2CCN(C3CCCC3)C2)n1C. The molecule has 1 aliphatic heterocycles. The van der Waals surface area contributed by atoms with Crippen LogP contribution in [0.3, 0.4) is 0 Å². The summed E-state index contributed by atoms with van der Waals surface area (Å²) in [5.74, 6) is 2.69. The quantitative estimate of drug-likeness (QED) is 0.537. The minimum Gasteiger partial charge on any atom is -0.356 e. The number of aryl methyl sites for hydroxylation is 1. The van der Waals surface area contributed by atoms with E-state index in [4.69, 9.17) is 4.99 Å². The topological polar surface area (TPSA) is 70.4 Å². The van der Waals surface area contributed by atoms with Crippen LogP contribution < -0.4 is 10.6 Å². The molecule has 1 saturated heterocycles. The van der Waals surface area contributed by atoms with E-state index in [1.54, 1.807) is 0 Å². The molecule has 1 unspecified atom stereocenters. The second-order valence-electron chi connectivity index (χ2n) is 8.21. The highest BCUT2D eigenvalue weighted by Crippen LogP contribution is 2.26. The van der Waals surface area contributed by atoms with Crippen molar-refractivity contribution in [2.75, 3.05) is 19.6 Å². The Morgan fingerprint density at radius 2 is 2.14 bits per heavy atom. The van der Waals surface area contributed by atoms with Crippen LogP contribution in [0.5, 0.6) is 0 Å². The maximum absolute atomic E-state index is 4.83. The van der Waals surface area contributed by atoms with E-state index in [0.29, 0.717) is 12.6 Å². The number of likely N-dealkylation sites (tertiary alicyclic amines) is 1. The number of nitrogens with zero attached hydrogens (tertiary/aromatic N) is 5. The number of aliphatic imine (C=N–C) groups is 1. The molecule has 7 nitrogen and oxygen atoms in total. The monoisotopic (exact) mass is 415 g/mol. The Morgan fingerprint density at radius 3 is 2.86 bits per heavy atom. The normalized spacial score (nSPS) is 21.2. The van der Waals surface area contributed by atoms with Gasteiger partial charge in [-0.3, -0.25) is 4.90 Å². The van der Waals surface area contributed by atoms with Crippen LogP contribution in [0.15, 0.2) is 22.5 Å². The molecule has 2 aromatic heterocycles. The van der Waals surface area contributed by atoms with Crippen LogP contribution in [0.4, 0.5) is 0 Å². The standard InChI is InChI=1S/C21H33N7S/c1-16-25-26-20(27(16)2)14-23-21(22-11-9-19-8-5-13-29-19)24-17-10-12-28(15-17)18-6-3-4-7-18/h5,8,13,17-18H,3-4,6-7,9-12,14-15H2,1-2H3,(H2,22,23,24). The van der Waals surface area contributed by atoms with Gasteiger partial charge in [-0.05, 0) is 44.1 Å². The van der Waals surface area contributed by atoms with Crippen LogP contribution in [0.2, 0.25) is 0 Å². The molecular formula is C21H33N7S. The zero-order chi connectivity index (χ0) is 20.1. The lowest BCUT2D eigenvalue weighted by Gasteiger charge is -2.24. The number of aromatic nitrogens is 3. The highest BCUT2D eigenvalue weighted by Gasteiger charge is 2.30. The fourth-order valence-electron chi connectivity index (χ4n) is 4.35. The van der Waals surface area contributed by atoms with Crippen molar-refractivity contribution in [3.63, 3.8) is 0 Å². The lowest BCUT2D eigenvalue weighted by molar-refractivity contribution is 0.242. The van der Waals surface area contributed by atoms with Gasteiger partial charge in [0.15, 0.2) is 11.8 Å². The Kier molecular flexibility index (Phi) is 6.82. The Morgan fingerprint density at radius 1 is 1.28 bits per heavy atom. The maximum Gasteiger partial charge on any atom is 0.191 e. The zero-order valence-electron chi connectivity index (χ0n) is 17.6. The lowest BCUT2D eigenvalue weighted by Crippen LogP contribution is -2.45. The summed E-state index contributed by atoms with van der Waals surface area (Å²) in [6.07, 6.45) is 7.74. The van der Waals surface area contributed by atoms with E-state index in [0.717, 1.165) is 43.2 Å². The van der Waals surface area contributed by atoms with Gasteiger partial charge in [-0.1, -0.05) is 18.9 Å². The van der Waals surface area contributed by atoms with Gasteiger partial charge in [0.05, 0.1) is 0 Å². The van der Waals surface area contributed by atoms with Gasteiger partial charge in [0.25, 0.3) is 0 Å². The first-order chi connectivity index (χ1) is 14.2. The smallest absolute Gasteiger partial charge is 0.191 e. The van der Waals surface area contributed by atoms with Gasteiger partial charge in [-0.25, -0.2) is 4.99 Å². The minimum absolute atomic E-state index is 0.463. The molecule has 29 heavy (non-hydrogen) atoms. The molecule has 2 fully saturated rings. The fourth-order valence-corrected chi connectivity index (χ4v) is 5.06. The summed E-state index contributed by atoms with van der Waals surface area (Å²) in [7, 11) is 1.99. The van der Waals surface area contributed by atoms with Gasteiger partial charge in [0.1, 0.15) is 12.4 Å². The second-order valence-corrected chi connectivity index (χ2v) is 9.24. The van der Waals surface area contributed by atoms with Crippen molar-refractivity contribution < 1.29 is 0 Å². The Bertz CT molecular complexity index is 792. The van der Waals surface area contributed by atoms with Crippen LogP contribution in [0, 0.1) is 6.92 Å². The summed E-state index contributed by atoms with van der Waals surface area (Å²) < 4.78 is 2.00. The van der Waals surface area contributed by atoms with Crippen molar-refractivity contribution in [1.29, 1.82) is 0 Å². The molecule has 0 amide bonds. The van der Waals surface area contributed by atoms with Gasteiger partial charge >= 0.3 is 0 Å². The van der Waals surface area contributed by atoms with Crippen molar-refractivity contribution >= 4 is 17.3 Å². The van der Waals surface area contributed by atoms with Crippen molar-refractivity contribution in [3.05, 3.63) is 34.0 Å². The Labute approximate surface area is 177 Å². The molecule has 8 heteroatoms. The molecule has 0 aromatic carbocycles. The molecule has 0 radical (unpaired) electrons. The minimum atomic E-state index is 0.463. The third-order valence-corrected chi connectivity index (χ3v) is 7.14. The van der Waals surface area contributed by atoms with Crippen molar-refractivity contribution in [2.45, 2.75) is 64.1 Å². The molecule has 158 valence electrons. The lowest BCUT2D eigenvalue weighted by atomic mass is 10.2. The van der Waals surface area contributed by atoms with E-state index in [9.17, 15) is 0 Å². The molecule has 2 aliphatic rings. The summed E-state index contributed by atoms with van der Waals surface area (Å²) >= 11 is 1.81. The van der Waals surface area contributed by atoms with Crippen LogP contribution in [0.25, 0.3) is 0 Å². The third kappa shape index (κ3) is 5.36. The molecule has 0 bridgehead atoms. The first-order valence-corrected chi connectivity index (χ1v) is 11.7. The first-order valence-electron chi connectivity index (χ1n) is 10.8. The van der Waals surface area contributed by atoms with Gasteiger partial charge in [0.2, 0.25) is 0 Å². The highest BCUT2D eigenvalue weighted by molar-refractivity contribution is 7.09. The van der Waals surface area contributed by atoms with Crippen molar-refractivity contribution in [3.8, 4) is 0 Å². The van der Waals surface area contributed by atoms with E-state index in [-0.39, 0.29) is 0 Å². The molecule has 2 aromatic rings. The van der Waals surface area contributed by atoms with Crippen LogP contribution in [-0.4, -0.2) is 57.3 Å². The van der Waals surface area contributed by atoms with Gasteiger partial charge < -0.3 is 15.2 Å². The van der Waals surface area contributed by atoms with E-state index < -0.39 is 0 Å². The van der Waals surface area contributed by atoms with Gasteiger partial charge in [-0.2, -0.15) is 0 Å². The number of hydrogen-bond acceptors (Lipinski definition) is 5. The first kappa shape index (κ1) is 20.3. The van der Waals surface area contributed by atoms with Crippen LogP contribution in [-0.2, 0) is 20.0 Å². The Hall–Kier alpha value is -1.93. The van der Waals surface area contributed by atoms with Gasteiger partial charge in [-0.15, -0.1) is 21.5 Å². The largest absolute Gasteiger partial charge is 0.356 e.